The van der Waals surface area contributed by atoms with Crippen LogP contribution in [0.2, 0.25) is 0 Å². The summed E-state index contributed by atoms with van der Waals surface area (Å²) in [5.41, 5.74) is 5.66. The topological polar surface area (TPSA) is 160 Å². The number of carbonyl (C=O) groups is 5. The van der Waals surface area contributed by atoms with Crippen LogP contribution in [0.5, 0.6) is 0 Å². The van der Waals surface area contributed by atoms with Crippen LogP contribution in [0.3, 0.4) is 0 Å². The maximum absolute atomic E-state index is 11.3. The lowest BCUT2D eigenvalue weighted by Crippen LogP contribution is -2.47. The highest BCUT2D eigenvalue weighted by molar-refractivity contribution is 6.02. The first-order valence-corrected chi connectivity index (χ1v) is 11.3. The van der Waals surface area contributed by atoms with Gasteiger partial charge in [0.2, 0.25) is 11.9 Å². The number of rotatable bonds is 15. The van der Waals surface area contributed by atoms with Gasteiger partial charge in [-0.3, -0.25) is 14.4 Å². The minimum atomic E-state index is -1.37. The van der Waals surface area contributed by atoms with Crippen molar-refractivity contribution in [2.24, 2.45) is 5.73 Å². The van der Waals surface area contributed by atoms with Crippen LogP contribution in [-0.4, -0.2) is 68.3 Å². The zero-order valence-electron chi connectivity index (χ0n) is 20.5. The zero-order chi connectivity index (χ0) is 25.6. The average Bonchev–Trinajstić information content (AvgIpc) is 2.75. The van der Waals surface area contributed by atoms with E-state index in [4.69, 9.17) is 15.2 Å². The SMILES string of the molecule is CCOC(=O)C(NC(C)=O)C(=O)OCC.CCOC(=O)CCCCCCC(N)C(=O)OCC. The Labute approximate surface area is 196 Å². The maximum Gasteiger partial charge on any atom is 0.340 e. The van der Waals surface area contributed by atoms with E-state index in [9.17, 15) is 24.0 Å². The standard InChI is InChI=1S/C13H25NO4.C9H15NO5/c1-3-17-12(15)10-8-6-5-7-9-11(14)13(16)18-4-2;1-4-14-8(12)7(10-6(3)11)9(13)15-5-2/h11H,3-10,14H2,1-2H3;7H,4-5H2,1-3H3,(H,10,11). The van der Waals surface area contributed by atoms with E-state index in [0.717, 1.165) is 25.7 Å². The lowest BCUT2D eigenvalue weighted by atomic mass is 10.1. The molecule has 0 rings (SSSR count). The molecule has 0 bridgehead atoms. The predicted octanol–water partition coefficient (Wildman–Crippen LogP) is 1.40. The molecule has 0 aromatic heterocycles. The summed E-state index contributed by atoms with van der Waals surface area (Å²) in [6, 6.07) is -1.89. The van der Waals surface area contributed by atoms with Crippen molar-refractivity contribution in [2.75, 3.05) is 26.4 Å². The predicted molar refractivity (Wildman–Crippen MR) is 120 cm³/mol. The van der Waals surface area contributed by atoms with Gasteiger partial charge in [-0.25, -0.2) is 9.59 Å². The Kier molecular flexibility index (Phi) is 20.8. The molecule has 11 heteroatoms. The number of esters is 4. The van der Waals surface area contributed by atoms with Crippen molar-refractivity contribution in [1.29, 1.82) is 0 Å². The molecule has 1 amide bonds. The van der Waals surface area contributed by atoms with Gasteiger partial charge in [-0.15, -0.1) is 0 Å². The summed E-state index contributed by atoms with van der Waals surface area (Å²) in [6.07, 6.45) is 4.73. The van der Waals surface area contributed by atoms with Gasteiger partial charge in [0.1, 0.15) is 6.04 Å². The monoisotopic (exact) mass is 476 g/mol. The van der Waals surface area contributed by atoms with Crippen LogP contribution < -0.4 is 11.1 Å². The van der Waals surface area contributed by atoms with Gasteiger partial charge in [0.05, 0.1) is 26.4 Å². The van der Waals surface area contributed by atoms with E-state index in [0.29, 0.717) is 26.1 Å². The molecule has 0 aromatic carbocycles. The van der Waals surface area contributed by atoms with Gasteiger partial charge in [0.25, 0.3) is 0 Å². The summed E-state index contributed by atoms with van der Waals surface area (Å²) in [5.74, 6) is -2.59. The van der Waals surface area contributed by atoms with Crippen molar-refractivity contribution in [3.05, 3.63) is 0 Å². The molecule has 192 valence electrons. The highest BCUT2D eigenvalue weighted by atomic mass is 16.6. The smallest absolute Gasteiger partial charge is 0.340 e. The van der Waals surface area contributed by atoms with E-state index in [1.807, 2.05) is 0 Å². The van der Waals surface area contributed by atoms with E-state index in [1.54, 1.807) is 27.7 Å². The minimum Gasteiger partial charge on any atom is -0.466 e. The summed E-state index contributed by atoms with van der Waals surface area (Å²) in [5, 5.41) is 2.16. The summed E-state index contributed by atoms with van der Waals surface area (Å²) < 4.78 is 18.9. The fourth-order valence-electron chi connectivity index (χ4n) is 2.46. The van der Waals surface area contributed by atoms with E-state index >= 15 is 0 Å². The number of nitrogens with two attached hydrogens (primary N) is 1. The van der Waals surface area contributed by atoms with Crippen LogP contribution in [0, 0.1) is 0 Å². The van der Waals surface area contributed by atoms with Gasteiger partial charge in [0.15, 0.2) is 0 Å². The van der Waals surface area contributed by atoms with Crippen molar-refractivity contribution in [1.82, 2.24) is 5.32 Å². The molecule has 0 saturated heterocycles. The van der Waals surface area contributed by atoms with Crippen molar-refractivity contribution in [3.63, 3.8) is 0 Å². The molecular formula is C22H40N2O9. The van der Waals surface area contributed by atoms with Crippen LogP contribution in [-0.2, 0) is 42.9 Å². The fourth-order valence-corrected chi connectivity index (χ4v) is 2.46. The molecule has 11 nitrogen and oxygen atoms in total. The molecule has 33 heavy (non-hydrogen) atoms. The molecule has 1 unspecified atom stereocenters. The molecule has 0 aromatic rings. The first kappa shape index (κ1) is 32.5. The summed E-state index contributed by atoms with van der Waals surface area (Å²) in [7, 11) is 0. The van der Waals surface area contributed by atoms with Crippen LogP contribution in [0.4, 0.5) is 0 Å². The highest BCUT2D eigenvalue weighted by Crippen LogP contribution is 2.08. The molecule has 0 aliphatic rings. The molecule has 1 atom stereocenters. The Morgan fingerprint density at radius 3 is 1.61 bits per heavy atom. The Morgan fingerprint density at radius 1 is 0.697 bits per heavy atom. The third-order valence-corrected chi connectivity index (χ3v) is 3.93. The summed E-state index contributed by atoms with van der Waals surface area (Å²) >= 11 is 0. The minimum absolute atomic E-state index is 0.133. The zero-order valence-corrected chi connectivity index (χ0v) is 20.5. The number of nitrogens with one attached hydrogen (secondary N) is 1. The Bertz CT molecular complexity index is 578. The van der Waals surface area contributed by atoms with Gasteiger partial charge in [-0.05, 0) is 40.5 Å². The normalized spacial score (nSPS) is 10.9. The maximum atomic E-state index is 11.3. The second kappa shape index (κ2) is 21.2. The fraction of sp³-hybridized carbons (Fsp3) is 0.773. The summed E-state index contributed by atoms with van der Waals surface area (Å²) in [4.78, 5) is 55.5. The molecule has 0 radical (unpaired) electrons. The lowest BCUT2D eigenvalue weighted by molar-refractivity contribution is -0.159. The molecule has 0 aliphatic carbocycles. The second-order valence-electron chi connectivity index (χ2n) is 6.75. The number of carbonyl (C=O) groups excluding carboxylic acids is 5. The van der Waals surface area contributed by atoms with E-state index in [1.165, 1.54) is 6.92 Å². The Balaban J connectivity index is 0. The number of ether oxygens (including phenoxy) is 4. The third kappa shape index (κ3) is 18.6. The van der Waals surface area contributed by atoms with Crippen LogP contribution >= 0.6 is 0 Å². The van der Waals surface area contributed by atoms with Gasteiger partial charge in [0, 0.05) is 13.3 Å². The molecule has 0 spiro atoms. The number of hydrogen-bond donors (Lipinski definition) is 2. The van der Waals surface area contributed by atoms with E-state index in [2.05, 4.69) is 14.8 Å². The van der Waals surface area contributed by atoms with Crippen molar-refractivity contribution >= 4 is 29.8 Å². The van der Waals surface area contributed by atoms with Crippen LogP contribution in [0.15, 0.2) is 0 Å². The number of unbranched alkanes of at least 4 members (excludes halogenated alkanes) is 3. The Hall–Kier alpha value is -2.69. The molecule has 0 saturated carbocycles. The van der Waals surface area contributed by atoms with Crippen LogP contribution in [0.1, 0.15) is 73.1 Å². The highest BCUT2D eigenvalue weighted by Gasteiger charge is 2.30. The summed E-state index contributed by atoms with van der Waals surface area (Å²) in [6.45, 7) is 9.05. The quantitative estimate of drug-likeness (QED) is 0.153. The largest absolute Gasteiger partial charge is 0.466 e. The van der Waals surface area contributed by atoms with Gasteiger partial charge < -0.3 is 30.0 Å². The lowest BCUT2D eigenvalue weighted by Gasteiger charge is -2.14. The molecule has 0 aliphatic heterocycles. The average molecular weight is 477 g/mol. The van der Waals surface area contributed by atoms with Crippen molar-refractivity contribution in [3.8, 4) is 0 Å². The first-order chi connectivity index (χ1) is 15.6. The third-order valence-electron chi connectivity index (χ3n) is 3.93. The van der Waals surface area contributed by atoms with Crippen LogP contribution in [0.25, 0.3) is 0 Å². The Morgan fingerprint density at radius 2 is 1.15 bits per heavy atom. The van der Waals surface area contributed by atoms with E-state index in [-0.39, 0.29) is 25.2 Å². The number of amides is 1. The molecule has 0 fully saturated rings. The van der Waals surface area contributed by atoms with Gasteiger partial charge in [-0.2, -0.15) is 0 Å². The number of hydrogen-bond acceptors (Lipinski definition) is 10. The molecular weight excluding hydrogens is 436 g/mol. The van der Waals surface area contributed by atoms with Gasteiger partial charge >= 0.3 is 23.9 Å². The van der Waals surface area contributed by atoms with Gasteiger partial charge in [-0.1, -0.05) is 19.3 Å². The second-order valence-corrected chi connectivity index (χ2v) is 6.75. The first-order valence-electron chi connectivity index (χ1n) is 11.3. The molecule has 3 N–H and O–H groups in total. The molecule has 0 heterocycles. The van der Waals surface area contributed by atoms with Crippen molar-refractivity contribution in [2.45, 2.75) is 85.2 Å². The van der Waals surface area contributed by atoms with E-state index < -0.39 is 29.9 Å². The van der Waals surface area contributed by atoms with Crippen molar-refractivity contribution < 1.29 is 42.9 Å².